The molecule has 6 heteroatoms. The predicted octanol–water partition coefficient (Wildman–Crippen LogP) is 0.900. The zero-order valence-electron chi connectivity index (χ0n) is 11.8. The Balaban J connectivity index is 2.50. The maximum Gasteiger partial charge on any atom is 0.317 e. The number of amides is 2. The summed E-state index contributed by atoms with van der Waals surface area (Å²) in [5.41, 5.74) is -0.947. The number of β-amino-alcohol motifs (C(OH)–C–C–N with tert-alkyl or cyclic N) is 1. The second kappa shape index (κ2) is 6.23. The van der Waals surface area contributed by atoms with Crippen molar-refractivity contribution in [3.05, 3.63) is 0 Å². The summed E-state index contributed by atoms with van der Waals surface area (Å²) in [5.74, 6) is -0.716. The zero-order chi connectivity index (χ0) is 14.6. The Morgan fingerprint density at radius 2 is 2.11 bits per heavy atom. The molecule has 0 aromatic carbocycles. The number of rotatable bonds is 4. The molecule has 19 heavy (non-hydrogen) atoms. The van der Waals surface area contributed by atoms with Crippen molar-refractivity contribution in [3.63, 3.8) is 0 Å². The highest BCUT2D eigenvalue weighted by molar-refractivity contribution is 5.78. The third-order valence-corrected chi connectivity index (χ3v) is 4.13. The van der Waals surface area contributed by atoms with Gasteiger partial charge in [0.05, 0.1) is 11.5 Å². The fourth-order valence-corrected chi connectivity index (χ4v) is 1.97. The van der Waals surface area contributed by atoms with E-state index in [4.69, 9.17) is 5.11 Å². The van der Waals surface area contributed by atoms with Crippen LogP contribution in [0.2, 0.25) is 0 Å². The molecule has 0 saturated carbocycles. The maximum atomic E-state index is 11.9. The Morgan fingerprint density at radius 3 is 2.58 bits per heavy atom. The molecular weight excluding hydrogens is 248 g/mol. The van der Waals surface area contributed by atoms with Gasteiger partial charge in [-0.1, -0.05) is 13.8 Å². The summed E-state index contributed by atoms with van der Waals surface area (Å²) in [7, 11) is 0. The van der Waals surface area contributed by atoms with E-state index in [1.165, 1.54) is 0 Å². The van der Waals surface area contributed by atoms with E-state index in [1.807, 2.05) is 6.92 Å². The van der Waals surface area contributed by atoms with Crippen LogP contribution in [-0.2, 0) is 4.79 Å². The van der Waals surface area contributed by atoms with Crippen molar-refractivity contribution in [1.82, 2.24) is 10.2 Å². The van der Waals surface area contributed by atoms with Crippen molar-refractivity contribution >= 4 is 12.0 Å². The number of likely N-dealkylation sites (tertiary alicyclic amines) is 1. The van der Waals surface area contributed by atoms with Crippen LogP contribution in [0.5, 0.6) is 0 Å². The average Bonchev–Trinajstić information content (AvgIpc) is 2.38. The first-order valence-corrected chi connectivity index (χ1v) is 6.74. The molecule has 1 aliphatic heterocycles. The molecule has 6 nitrogen and oxygen atoms in total. The van der Waals surface area contributed by atoms with Crippen LogP contribution < -0.4 is 5.32 Å². The van der Waals surface area contributed by atoms with Crippen molar-refractivity contribution in [1.29, 1.82) is 0 Å². The second-order valence-electron chi connectivity index (χ2n) is 5.66. The van der Waals surface area contributed by atoms with Crippen molar-refractivity contribution in [2.45, 2.75) is 39.7 Å². The minimum absolute atomic E-state index is 0.0970. The Bertz CT molecular complexity index is 348. The van der Waals surface area contributed by atoms with Crippen molar-refractivity contribution in [2.75, 3.05) is 19.6 Å². The van der Waals surface area contributed by atoms with Gasteiger partial charge in [-0.3, -0.25) is 4.79 Å². The molecule has 0 aromatic rings. The molecule has 1 heterocycles. The Labute approximate surface area is 113 Å². The van der Waals surface area contributed by atoms with Crippen LogP contribution in [-0.4, -0.2) is 52.9 Å². The minimum atomic E-state index is -0.947. The van der Waals surface area contributed by atoms with Crippen LogP contribution in [0.15, 0.2) is 0 Å². The van der Waals surface area contributed by atoms with Gasteiger partial charge in [0.15, 0.2) is 0 Å². The standard InChI is InChI=1S/C13H24N2O4/c1-4-13(3,11(17)18)8-14-12(19)15-6-5-9(2)10(16)7-15/h9-10,16H,4-8H2,1-3H3,(H,14,19)(H,17,18). The zero-order valence-corrected chi connectivity index (χ0v) is 11.8. The van der Waals surface area contributed by atoms with Crippen LogP contribution in [0.1, 0.15) is 33.6 Å². The van der Waals surface area contributed by atoms with Gasteiger partial charge in [0.2, 0.25) is 0 Å². The van der Waals surface area contributed by atoms with Crippen molar-refractivity contribution in [3.8, 4) is 0 Å². The average molecular weight is 272 g/mol. The molecule has 0 radical (unpaired) electrons. The summed E-state index contributed by atoms with van der Waals surface area (Å²) in [6.45, 7) is 6.36. The number of urea groups is 1. The first-order chi connectivity index (χ1) is 8.80. The van der Waals surface area contributed by atoms with Gasteiger partial charge < -0.3 is 20.4 Å². The summed E-state index contributed by atoms with van der Waals surface area (Å²) in [5, 5.41) is 21.5. The van der Waals surface area contributed by atoms with Gasteiger partial charge in [-0.2, -0.15) is 0 Å². The molecule has 0 spiro atoms. The summed E-state index contributed by atoms with van der Waals surface area (Å²) in [6, 6.07) is -0.299. The van der Waals surface area contributed by atoms with E-state index < -0.39 is 17.5 Å². The number of aliphatic hydroxyl groups excluding tert-OH is 1. The van der Waals surface area contributed by atoms with Gasteiger partial charge in [0.1, 0.15) is 0 Å². The van der Waals surface area contributed by atoms with E-state index >= 15 is 0 Å². The lowest BCUT2D eigenvalue weighted by Gasteiger charge is -2.35. The molecular formula is C13H24N2O4. The quantitative estimate of drug-likeness (QED) is 0.709. The number of hydrogen-bond donors (Lipinski definition) is 3. The molecule has 0 aromatic heterocycles. The molecule has 0 bridgehead atoms. The highest BCUT2D eigenvalue weighted by Gasteiger charge is 2.33. The highest BCUT2D eigenvalue weighted by atomic mass is 16.4. The lowest BCUT2D eigenvalue weighted by atomic mass is 9.88. The topological polar surface area (TPSA) is 89.9 Å². The molecule has 3 atom stereocenters. The van der Waals surface area contributed by atoms with Crippen LogP contribution in [0, 0.1) is 11.3 Å². The molecule has 2 amide bonds. The van der Waals surface area contributed by atoms with E-state index in [-0.39, 0.29) is 18.5 Å². The Hall–Kier alpha value is -1.30. The number of carbonyl (C=O) groups excluding carboxylic acids is 1. The molecule has 1 rings (SSSR count). The third-order valence-electron chi connectivity index (χ3n) is 4.13. The number of hydrogen-bond acceptors (Lipinski definition) is 3. The van der Waals surface area contributed by atoms with Crippen molar-refractivity contribution in [2.24, 2.45) is 11.3 Å². The predicted molar refractivity (Wildman–Crippen MR) is 70.8 cm³/mol. The van der Waals surface area contributed by atoms with E-state index in [1.54, 1.807) is 18.7 Å². The maximum absolute atomic E-state index is 11.9. The second-order valence-corrected chi connectivity index (χ2v) is 5.66. The fraction of sp³-hybridized carbons (Fsp3) is 0.846. The monoisotopic (exact) mass is 272 g/mol. The van der Waals surface area contributed by atoms with Gasteiger partial charge in [0.25, 0.3) is 0 Å². The first-order valence-electron chi connectivity index (χ1n) is 6.74. The lowest BCUT2D eigenvalue weighted by molar-refractivity contribution is -0.147. The largest absolute Gasteiger partial charge is 0.481 e. The number of carboxylic acids is 1. The molecule has 0 aliphatic carbocycles. The summed E-state index contributed by atoms with van der Waals surface area (Å²) in [6.07, 6.45) is 0.706. The number of carbonyl (C=O) groups is 2. The molecule has 3 unspecified atom stereocenters. The Kier molecular flexibility index (Phi) is 5.17. The molecule has 3 N–H and O–H groups in total. The number of carboxylic acid groups (broad SMARTS) is 1. The first kappa shape index (κ1) is 15.8. The fourth-order valence-electron chi connectivity index (χ4n) is 1.97. The van der Waals surface area contributed by atoms with E-state index in [2.05, 4.69) is 5.32 Å². The summed E-state index contributed by atoms with van der Waals surface area (Å²) >= 11 is 0. The third kappa shape index (κ3) is 3.83. The highest BCUT2D eigenvalue weighted by Crippen LogP contribution is 2.21. The van der Waals surface area contributed by atoms with Gasteiger partial charge in [-0.15, -0.1) is 0 Å². The summed E-state index contributed by atoms with van der Waals surface area (Å²) < 4.78 is 0. The van der Waals surface area contributed by atoms with Crippen LogP contribution in [0.4, 0.5) is 4.79 Å². The molecule has 1 fully saturated rings. The van der Waals surface area contributed by atoms with Crippen LogP contribution >= 0.6 is 0 Å². The number of nitrogens with zero attached hydrogens (tertiary/aromatic N) is 1. The van der Waals surface area contributed by atoms with E-state index in [0.29, 0.717) is 19.5 Å². The number of nitrogens with one attached hydrogen (secondary N) is 1. The summed E-state index contributed by atoms with van der Waals surface area (Å²) in [4.78, 5) is 24.6. The van der Waals surface area contributed by atoms with Crippen LogP contribution in [0.3, 0.4) is 0 Å². The van der Waals surface area contributed by atoms with Crippen LogP contribution in [0.25, 0.3) is 0 Å². The van der Waals surface area contributed by atoms with Gasteiger partial charge in [-0.25, -0.2) is 4.79 Å². The molecule has 1 aliphatic rings. The molecule has 110 valence electrons. The number of aliphatic carboxylic acids is 1. The Morgan fingerprint density at radius 1 is 1.47 bits per heavy atom. The van der Waals surface area contributed by atoms with Crippen molar-refractivity contribution < 1.29 is 19.8 Å². The molecule has 1 saturated heterocycles. The lowest BCUT2D eigenvalue weighted by Crippen LogP contribution is -2.52. The van der Waals surface area contributed by atoms with E-state index in [9.17, 15) is 14.7 Å². The van der Waals surface area contributed by atoms with Gasteiger partial charge in [-0.05, 0) is 25.7 Å². The van der Waals surface area contributed by atoms with E-state index in [0.717, 1.165) is 6.42 Å². The number of piperidine rings is 1. The minimum Gasteiger partial charge on any atom is -0.481 e. The smallest absolute Gasteiger partial charge is 0.317 e. The van der Waals surface area contributed by atoms with Gasteiger partial charge in [0, 0.05) is 19.6 Å². The SMILES string of the molecule is CCC(C)(CNC(=O)N1CCC(C)C(O)C1)C(=O)O. The van der Waals surface area contributed by atoms with Gasteiger partial charge >= 0.3 is 12.0 Å². The normalized spacial score (nSPS) is 26.6. The number of aliphatic hydroxyl groups is 1.